The molecule has 2 aromatic heterocycles. The molecule has 0 radical (unpaired) electrons. The number of imidazole rings is 1. The van der Waals surface area contributed by atoms with E-state index in [-0.39, 0.29) is 5.92 Å². The molecule has 0 saturated heterocycles. The number of nitriles is 1. The molecule has 0 bridgehead atoms. The lowest BCUT2D eigenvalue weighted by atomic mass is 10.0. The fourth-order valence-corrected chi connectivity index (χ4v) is 2.84. The summed E-state index contributed by atoms with van der Waals surface area (Å²) in [6.45, 7) is 3.90. The number of benzene rings is 1. The van der Waals surface area contributed by atoms with E-state index >= 15 is 0 Å². The van der Waals surface area contributed by atoms with E-state index < -0.39 is 0 Å². The molecule has 0 aliphatic carbocycles. The molecular weight excluding hydrogens is 302 g/mol. The Morgan fingerprint density at radius 1 is 1.17 bits per heavy atom. The number of ether oxygens (including phenoxy) is 2. The van der Waals surface area contributed by atoms with Crippen molar-refractivity contribution in [3.63, 3.8) is 0 Å². The van der Waals surface area contributed by atoms with Crippen molar-refractivity contribution in [1.82, 2.24) is 9.38 Å². The smallest absolute Gasteiger partial charge is 0.137 e. The van der Waals surface area contributed by atoms with Crippen molar-refractivity contribution < 1.29 is 9.47 Å². The highest BCUT2D eigenvalue weighted by Crippen LogP contribution is 2.37. The summed E-state index contributed by atoms with van der Waals surface area (Å²) >= 11 is 0. The highest BCUT2D eigenvalue weighted by molar-refractivity contribution is 5.74. The van der Waals surface area contributed by atoms with Crippen LogP contribution in [0.4, 0.5) is 0 Å². The highest BCUT2D eigenvalue weighted by Gasteiger charge is 2.22. The van der Waals surface area contributed by atoms with Gasteiger partial charge in [-0.25, -0.2) is 4.98 Å². The fraction of sp³-hybridized carbons (Fsp3) is 0.263. The van der Waals surface area contributed by atoms with Crippen molar-refractivity contribution in [2.24, 2.45) is 0 Å². The molecule has 2 heterocycles. The summed E-state index contributed by atoms with van der Waals surface area (Å²) in [6.07, 6.45) is 2.00. The Bertz CT molecular complexity index is 938. The quantitative estimate of drug-likeness (QED) is 0.730. The molecule has 3 aromatic rings. The molecule has 3 rings (SSSR count). The van der Waals surface area contributed by atoms with Crippen LogP contribution in [0.1, 0.15) is 24.1 Å². The van der Waals surface area contributed by atoms with Crippen LogP contribution in [0.15, 0.2) is 36.5 Å². The third kappa shape index (κ3) is 2.56. The zero-order valence-electron chi connectivity index (χ0n) is 14.2. The Balaban J connectivity index is 2.36. The molecule has 5 heteroatoms. The molecule has 0 saturated carbocycles. The summed E-state index contributed by atoms with van der Waals surface area (Å²) in [5.41, 5.74) is 4.32. The molecule has 24 heavy (non-hydrogen) atoms. The maximum absolute atomic E-state index is 9.49. The molecule has 0 aliphatic rings. The second-order valence-corrected chi connectivity index (χ2v) is 5.70. The molecule has 0 aliphatic heterocycles. The first-order valence-electron chi connectivity index (χ1n) is 7.69. The van der Waals surface area contributed by atoms with Gasteiger partial charge in [0.1, 0.15) is 17.1 Å². The molecule has 122 valence electrons. The lowest BCUT2D eigenvalue weighted by Gasteiger charge is -2.12. The number of aryl methyl sites for hydroxylation is 1. The first kappa shape index (κ1) is 15.9. The van der Waals surface area contributed by atoms with Gasteiger partial charge < -0.3 is 13.9 Å². The van der Waals surface area contributed by atoms with E-state index in [0.717, 1.165) is 33.9 Å². The van der Waals surface area contributed by atoms with Crippen LogP contribution in [-0.2, 0) is 0 Å². The second-order valence-electron chi connectivity index (χ2n) is 5.70. The molecule has 0 spiro atoms. The monoisotopic (exact) mass is 321 g/mol. The first-order valence-corrected chi connectivity index (χ1v) is 7.69. The third-order valence-electron chi connectivity index (χ3n) is 4.07. The van der Waals surface area contributed by atoms with Gasteiger partial charge in [-0.3, -0.25) is 0 Å². The zero-order chi connectivity index (χ0) is 17.3. The van der Waals surface area contributed by atoms with Gasteiger partial charge in [-0.1, -0.05) is 6.07 Å². The summed E-state index contributed by atoms with van der Waals surface area (Å²) in [7, 11) is 3.25. The van der Waals surface area contributed by atoms with E-state index in [1.807, 2.05) is 54.8 Å². The van der Waals surface area contributed by atoms with E-state index in [4.69, 9.17) is 14.5 Å². The van der Waals surface area contributed by atoms with Crippen LogP contribution in [0, 0.1) is 18.3 Å². The van der Waals surface area contributed by atoms with Gasteiger partial charge in [-0.05, 0) is 43.7 Å². The van der Waals surface area contributed by atoms with Gasteiger partial charge in [0, 0.05) is 11.8 Å². The van der Waals surface area contributed by atoms with Crippen molar-refractivity contribution in [2.75, 3.05) is 14.2 Å². The van der Waals surface area contributed by atoms with E-state index in [2.05, 4.69) is 6.07 Å². The minimum absolute atomic E-state index is 0.312. The SMILES string of the molecule is COc1ccc(OC)c(-c2nc3ccc(C)cn3c2C(C)C#N)c1. The van der Waals surface area contributed by atoms with E-state index in [0.29, 0.717) is 5.75 Å². The number of hydrogen-bond acceptors (Lipinski definition) is 4. The Morgan fingerprint density at radius 2 is 1.96 bits per heavy atom. The van der Waals surface area contributed by atoms with Crippen LogP contribution in [0.25, 0.3) is 16.9 Å². The number of pyridine rings is 1. The van der Waals surface area contributed by atoms with Gasteiger partial charge in [-0.2, -0.15) is 5.26 Å². The van der Waals surface area contributed by atoms with Gasteiger partial charge >= 0.3 is 0 Å². The molecule has 0 fully saturated rings. The Kier molecular flexibility index (Phi) is 4.13. The maximum Gasteiger partial charge on any atom is 0.137 e. The Labute approximate surface area is 141 Å². The number of rotatable bonds is 4. The number of fused-ring (bicyclic) bond motifs is 1. The average Bonchev–Trinajstić information content (AvgIpc) is 2.98. The number of hydrogen-bond donors (Lipinski definition) is 0. The van der Waals surface area contributed by atoms with Gasteiger partial charge in [0.2, 0.25) is 0 Å². The molecular formula is C19H19N3O2. The van der Waals surface area contributed by atoms with Crippen LogP contribution in [0.2, 0.25) is 0 Å². The summed E-state index contributed by atoms with van der Waals surface area (Å²) in [5.74, 6) is 1.10. The van der Waals surface area contributed by atoms with Gasteiger partial charge in [0.15, 0.2) is 0 Å². The Hall–Kier alpha value is -3.00. The third-order valence-corrected chi connectivity index (χ3v) is 4.07. The average molecular weight is 321 g/mol. The lowest BCUT2D eigenvalue weighted by Crippen LogP contribution is -2.00. The van der Waals surface area contributed by atoms with Crippen molar-refractivity contribution in [3.8, 4) is 28.8 Å². The second kappa shape index (κ2) is 6.25. The summed E-state index contributed by atoms with van der Waals surface area (Å²) in [6, 6.07) is 11.9. The minimum Gasteiger partial charge on any atom is -0.497 e. The van der Waals surface area contributed by atoms with E-state index in [1.54, 1.807) is 14.2 Å². The predicted molar refractivity (Wildman–Crippen MR) is 92.5 cm³/mol. The van der Waals surface area contributed by atoms with E-state index in [9.17, 15) is 5.26 Å². The maximum atomic E-state index is 9.49. The van der Waals surface area contributed by atoms with Crippen LogP contribution in [0.5, 0.6) is 11.5 Å². The lowest BCUT2D eigenvalue weighted by molar-refractivity contribution is 0.404. The van der Waals surface area contributed by atoms with Crippen molar-refractivity contribution >= 4 is 5.65 Å². The molecule has 1 atom stereocenters. The summed E-state index contributed by atoms with van der Waals surface area (Å²) in [4.78, 5) is 4.75. The molecule has 0 amide bonds. The molecule has 1 aromatic carbocycles. The minimum atomic E-state index is -0.312. The number of nitrogens with zero attached hydrogens (tertiary/aromatic N) is 3. The molecule has 0 N–H and O–H groups in total. The highest BCUT2D eigenvalue weighted by atomic mass is 16.5. The molecule has 1 unspecified atom stereocenters. The summed E-state index contributed by atoms with van der Waals surface area (Å²) < 4.78 is 12.8. The normalized spacial score (nSPS) is 12.0. The largest absolute Gasteiger partial charge is 0.497 e. The van der Waals surface area contributed by atoms with Crippen molar-refractivity contribution in [2.45, 2.75) is 19.8 Å². The van der Waals surface area contributed by atoms with E-state index in [1.165, 1.54) is 0 Å². The van der Waals surface area contributed by atoms with Gasteiger partial charge in [-0.15, -0.1) is 0 Å². The van der Waals surface area contributed by atoms with Crippen LogP contribution < -0.4 is 9.47 Å². The number of methoxy groups -OCH3 is 2. The topological polar surface area (TPSA) is 59.6 Å². The summed E-state index contributed by atoms with van der Waals surface area (Å²) in [5, 5.41) is 9.49. The first-order chi connectivity index (χ1) is 11.6. The van der Waals surface area contributed by atoms with Crippen molar-refractivity contribution in [3.05, 3.63) is 47.8 Å². The molecule has 5 nitrogen and oxygen atoms in total. The predicted octanol–water partition coefficient (Wildman–Crippen LogP) is 3.95. The Morgan fingerprint density at radius 3 is 2.62 bits per heavy atom. The van der Waals surface area contributed by atoms with Gasteiger partial charge in [0.25, 0.3) is 0 Å². The van der Waals surface area contributed by atoms with Crippen molar-refractivity contribution in [1.29, 1.82) is 5.26 Å². The fourth-order valence-electron chi connectivity index (χ4n) is 2.84. The van der Waals surface area contributed by atoms with Gasteiger partial charge in [0.05, 0.1) is 37.6 Å². The van der Waals surface area contributed by atoms with Crippen LogP contribution in [-0.4, -0.2) is 23.6 Å². The standard InChI is InChI=1S/C19H19N3O2/c1-12-5-8-17-21-18(19(13(2)10-20)22(17)11-12)15-9-14(23-3)6-7-16(15)24-4/h5-9,11,13H,1-4H3. The van der Waals surface area contributed by atoms with Crippen LogP contribution in [0.3, 0.4) is 0 Å². The number of aromatic nitrogens is 2. The van der Waals surface area contributed by atoms with Crippen LogP contribution >= 0.6 is 0 Å². The zero-order valence-corrected chi connectivity index (χ0v) is 14.2.